The van der Waals surface area contributed by atoms with E-state index in [1.54, 1.807) is 0 Å². The van der Waals surface area contributed by atoms with Crippen molar-refractivity contribution in [3.8, 4) is 5.75 Å². The van der Waals surface area contributed by atoms with Crippen molar-refractivity contribution in [1.29, 1.82) is 0 Å². The monoisotopic (exact) mass is 371 g/mol. The van der Waals surface area contributed by atoms with E-state index in [0.717, 1.165) is 32.5 Å². The maximum atomic E-state index is 6.19. The molecule has 4 heteroatoms. The predicted molar refractivity (Wildman–Crippen MR) is 104 cm³/mol. The molecule has 0 aromatic heterocycles. The lowest BCUT2D eigenvalue weighted by atomic mass is 10.2. The van der Waals surface area contributed by atoms with Gasteiger partial charge in [0.05, 0.1) is 0 Å². The van der Waals surface area contributed by atoms with Gasteiger partial charge in [0.15, 0.2) is 0 Å². The Bertz CT molecular complexity index is 835. The Morgan fingerprint density at radius 3 is 2.28 bits per heavy atom. The molecule has 0 heterocycles. The third-order valence-electron chi connectivity index (χ3n) is 3.84. The second kappa shape index (κ2) is 8.91. The van der Waals surface area contributed by atoms with Crippen LogP contribution in [-0.4, -0.2) is 0 Å². The summed E-state index contributed by atoms with van der Waals surface area (Å²) in [5.41, 5.74) is 3.24. The Labute approximate surface area is 158 Å². The lowest BCUT2D eigenvalue weighted by Crippen LogP contribution is -2.14. The number of benzene rings is 3. The minimum absolute atomic E-state index is 0.488. The van der Waals surface area contributed by atoms with Crippen LogP contribution in [0.25, 0.3) is 0 Å². The summed E-state index contributed by atoms with van der Waals surface area (Å²) in [7, 11) is 0. The molecule has 0 unspecified atom stereocenters. The maximum absolute atomic E-state index is 6.19. The Kier molecular flexibility index (Phi) is 6.35. The Balaban J connectivity index is 1.60. The van der Waals surface area contributed by atoms with Crippen LogP contribution in [0.2, 0.25) is 10.0 Å². The highest BCUT2D eigenvalue weighted by atomic mass is 35.5. The van der Waals surface area contributed by atoms with E-state index < -0.39 is 0 Å². The van der Waals surface area contributed by atoms with Gasteiger partial charge in [-0.05, 0) is 35.4 Å². The fraction of sp³-hybridized carbons (Fsp3) is 0.143. The number of rotatable bonds is 7. The summed E-state index contributed by atoms with van der Waals surface area (Å²) in [5, 5.41) is 4.92. The van der Waals surface area contributed by atoms with Crippen molar-refractivity contribution in [3.05, 3.63) is 99.5 Å². The van der Waals surface area contributed by atoms with Gasteiger partial charge in [0.2, 0.25) is 0 Å². The molecule has 0 aliphatic rings. The number of hydrogen-bond donors (Lipinski definition) is 1. The zero-order chi connectivity index (χ0) is 17.5. The first-order chi connectivity index (χ1) is 12.2. The second-order valence-corrected chi connectivity index (χ2v) is 6.56. The molecule has 0 atom stereocenters. The highest BCUT2D eigenvalue weighted by Crippen LogP contribution is 2.21. The van der Waals surface area contributed by atoms with Gasteiger partial charge in [-0.2, -0.15) is 0 Å². The molecule has 25 heavy (non-hydrogen) atoms. The van der Waals surface area contributed by atoms with Gasteiger partial charge in [-0.3, -0.25) is 0 Å². The standard InChI is InChI=1S/C21H19Cl2NO/c22-19-9-5-6-16(12-19)15-25-21-11-4-2-8-18(21)14-24-13-17-7-1-3-10-20(17)23/h1-12,24H,13-15H2. The molecule has 128 valence electrons. The van der Waals surface area contributed by atoms with Crippen LogP contribution in [0.4, 0.5) is 0 Å². The molecule has 0 aliphatic carbocycles. The summed E-state index contributed by atoms with van der Waals surface area (Å²) in [6.45, 7) is 1.90. The van der Waals surface area contributed by atoms with E-state index in [1.165, 1.54) is 0 Å². The van der Waals surface area contributed by atoms with Gasteiger partial charge in [0.25, 0.3) is 0 Å². The normalized spacial score (nSPS) is 10.6. The highest BCUT2D eigenvalue weighted by Gasteiger charge is 2.05. The van der Waals surface area contributed by atoms with Gasteiger partial charge in [-0.1, -0.05) is 71.7 Å². The summed E-state index contributed by atoms with van der Waals surface area (Å²) in [6, 6.07) is 23.6. The SMILES string of the molecule is Clc1cccc(COc2ccccc2CNCc2ccccc2Cl)c1. The molecule has 0 spiro atoms. The van der Waals surface area contributed by atoms with Crippen LogP contribution in [0.5, 0.6) is 5.75 Å². The van der Waals surface area contributed by atoms with Crippen molar-refractivity contribution in [3.63, 3.8) is 0 Å². The molecule has 0 bridgehead atoms. The van der Waals surface area contributed by atoms with Gasteiger partial charge < -0.3 is 10.1 Å². The van der Waals surface area contributed by atoms with E-state index in [4.69, 9.17) is 27.9 Å². The van der Waals surface area contributed by atoms with Crippen molar-refractivity contribution in [2.24, 2.45) is 0 Å². The van der Waals surface area contributed by atoms with Gasteiger partial charge in [0.1, 0.15) is 12.4 Å². The second-order valence-electron chi connectivity index (χ2n) is 5.72. The van der Waals surface area contributed by atoms with Crippen LogP contribution in [0.3, 0.4) is 0 Å². The fourth-order valence-electron chi connectivity index (χ4n) is 2.55. The lowest BCUT2D eigenvalue weighted by Gasteiger charge is -2.13. The first-order valence-electron chi connectivity index (χ1n) is 8.11. The van der Waals surface area contributed by atoms with Crippen molar-refractivity contribution in [2.45, 2.75) is 19.7 Å². The highest BCUT2D eigenvalue weighted by molar-refractivity contribution is 6.31. The number of nitrogens with one attached hydrogen (secondary N) is 1. The van der Waals surface area contributed by atoms with Crippen molar-refractivity contribution < 1.29 is 4.74 Å². The number of ether oxygens (including phenoxy) is 1. The third kappa shape index (κ3) is 5.23. The molecule has 0 aliphatic heterocycles. The molecule has 3 aromatic carbocycles. The maximum Gasteiger partial charge on any atom is 0.124 e. The molecule has 0 fully saturated rings. The average Bonchev–Trinajstić information content (AvgIpc) is 2.62. The average molecular weight is 372 g/mol. The molecule has 0 amide bonds. The molecule has 0 radical (unpaired) electrons. The summed E-state index contributed by atoms with van der Waals surface area (Å²) in [5.74, 6) is 0.870. The summed E-state index contributed by atoms with van der Waals surface area (Å²) in [4.78, 5) is 0. The first-order valence-corrected chi connectivity index (χ1v) is 8.87. The molecule has 0 saturated carbocycles. The lowest BCUT2D eigenvalue weighted by molar-refractivity contribution is 0.302. The van der Waals surface area contributed by atoms with E-state index in [1.807, 2.05) is 66.7 Å². The van der Waals surface area contributed by atoms with Gasteiger partial charge in [-0.25, -0.2) is 0 Å². The van der Waals surface area contributed by atoms with Crippen molar-refractivity contribution in [2.75, 3.05) is 0 Å². The van der Waals surface area contributed by atoms with Crippen LogP contribution in [0.1, 0.15) is 16.7 Å². The molecule has 3 rings (SSSR count). The first kappa shape index (κ1) is 17.8. The summed E-state index contributed by atoms with van der Waals surface area (Å²) >= 11 is 12.2. The Hall–Kier alpha value is -2.00. The van der Waals surface area contributed by atoms with Crippen LogP contribution < -0.4 is 10.1 Å². The van der Waals surface area contributed by atoms with Crippen LogP contribution in [-0.2, 0) is 19.7 Å². The summed E-state index contributed by atoms with van der Waals surface area (Å²) < 4.78 is 5.98. The number of hydrogen-bond acceptors (Lipinski definition) is 2. The predicted octanol–water partition coefficient (Wildman–Crippen LogP) is 5.86. The van der Waals surface area contributed by atoms with Crippen molar-refractivity contribution >= 4 is 23.2 Å². The van der Waals surface area contributed by atoms with E-state index in [-0.39, 0.29) is 0 Å². The number of halogens is 2. The van der Waals surface area contributed by atoms with Gasteiger partial charge in [0, 0.05) is 28.7 Å². The zero-order valence-corrected chi connectivity index (χ0v) is 15.2. The van der Waals surface area contributed by atoms with Crippen LogP contribution in [0.15, 0.2) is 72.8 Å². The van der Waals surface area contributed by atoms with E-state index in [0.29, 0.717) is 19.7 Å². The fourth-order valence-corrected chi connectivity index (χ4v) is 2.97. The minimum atomic E-state index is 0.488. The topological polar surface area (TPSA) is 21.3 Å². The van der Waals surface area contributed by atoms with E-state index in [2.05, 4.69) is 11.4 Å². The van der Waals surface area contributed by atoms with Gasteiger partial charge >= 0.3 is 0 Å². The molecule has 3 aromatic rings. The molecular weight excluding hydrogens is 353 g/mol. The summed E-state index contributed by atoms with van der Waals surface area (Å²) in [6.07, 6.45) is 0. The van der Waals surface area contributed by atoms with Crippen LogP contribution >= 0.6 is 23.2 Å². The Morgan fingerprint density at radius 2 is 1.48 bits per heavy atom. The molecule has 1 N–H and O–H groups in total. The van der Waals surface area contributed by atoms with Gasteiger partial charge in [-0.15, -0.1) is 0 Å². The van der Waals surface area contributed by atoms with Crippen molar-refractivity contribution in [1.82, 2.24) is 5.32 Å². The largest absolute Gasteiger partial charge is 0.489 e. The zero-order valence-electron chi connectivity index (χ0n) is 13.7. The smallest absolute Gasteiger partial charge is 0.124 e. The Morgan fingerprint density at radius 1 is 0.760 bits per heavy atom. The molecular formula is C21H19Cl2NO. The quantitative estimate of drug-likeness (QED) is 0.561. The van der Waals surface area contributed by atoms with Crippen LogP contribution in [0, 0.1) is 0 Å². The molecule has 2 nitrogen and oxygen atoms in total. The number of para-hydroxylation sites is 1. The molecule has 0 saturated heterocycles. The van der Waals surface area contributed by atoms with E-state index in [9.17, 15) is 0 Å². The minimum Gasteiger partial charge on any atom is -0.489 e. The van der Waals surface area contributed by atoms with E-state index >= 15 is 0 Å². The third-order valence-corrected chi connectivity index (χ3v) is 4.45.